The molecule has 0 atom stereocenters. The maximum absolute atomic E-state index is 13.0. The van der Waals surface area contributed by atoms with E-state index in [9.17, 15) is 22.8 Å². The molecule has 0 spiro atoms. The van der Waals surface area contributed by atoms with Gasteiger partial charge in [0, 0.05) is 26.2 Å². The van der Waals surface area contributed by atoms with Gasteiger partial charge >= 0.3 is 12.3 Å². The molecule has 156 valence electrons. The molecule has 1 aliphatic heterocycles. The molecule has 7 nitrogen and oxygen atoms in total. The number of nitrogens with zero attached hydrogens (tertiary/aromatic N) is 4. The number of carbonyl (C=O) groups excluding carboxylic acids is 2. The van der Waals surface area contributed by atoms with E-state index in [1.54, 1.807) is 18.7 Å². The monoisotopic (exact) mass is 410 g/mol. The highest BCUT2D eigenvalue weighted by atomic mass is 19.4. The number of benzene rings is 1. The molecule has 0 N–H and O–H groups in total. The Morgan fingerprint density at radius 3 is 2.41 bits per heavy atom. The van der Waals surface area contributed by atoms with E-state index < -0.39 is 17.8 Å². The van der Waals surface area contributed by atoms with Gasteiger partial charge in [0.15, 0.2) is 0 Å². The van der Waals surface area contributed by atoms with E-state index in [2.05, 4.69) is 5.10 Å². The van der Waals surface area contributed by atoms with Gasteiger partial charge in [0.25, 0.3) is 5.91 Å². The molecule has 2 aromatic rings. The summed E-state index contributed by atoms with van der Waals surface area (Å²) in [5.41, 5.74) is 0.200. The molecule has 3 rings (SSSR count). The van der Waals surface area contributed by atoms with Crippen molar-refractivity contribution in [2.75, 3.05) is 32.8 Å². The highest BCUT2D eigenvalue weighted by molar-refractivity contribution is 5.95. The maximum Gasteiger partial charge on any atom is 0.416 e. The largest absolute Gasteiger partial charge is 0.450 e. The van der Waals surface area contributed by atoms with Crippen LogP contribution in [-0.4, -0.2) is 64.4 Å². The van der Waals surface area contributed by atoms with Crippen molar-refractivity contribution in [3.8, 4) is 5.69 Å². The minimum absolute atomic E-state index is 0.225. The van der Waals surface area contributed by atoms with Gasteiger partial charge in [0.1, 0.15) is 0 Å². The first-order chi connectivity index (χ1) is 13.7. The van der Waals surface area contributed by atoms with Crippen molar-refractivity contribution in [1.82, 2.24) is 19.6 Å². The lowest BCUT2D eigenvalue weighted by atomic mass is 10.1. The zero-order valence-corrected chi connectivity index (χ0v) is 16.1. The molecular formula is C19H21F3N4O3. The fraction of sp³-hybridized carbons (Fsp3) is 0.421. The van der Waals surface area contributed by atoms with Crippen LogP contribution in [0.1, 0.15) is 28.5 Å². The van der Waals surface area contributed by atoms with Crippen LogP contribution in [0.4, 0.5) is 18.0 Å². The minimum Gasteiger partial charge on any atom is -0.450 e. The number of hydrogen-bond donors (Lipinski definition) is 0. The number of carbonyl (C=O) groups is 2. The van der Waals surface area contributed by atoms with E-state index in [1.807, 2.05) is 0 Å². The Bertz CT molecular complexity index is 902. The molecule has 0 aliphatic carbocycles. The zero-order valence-electron chi connectivity index (χ0n) is 16.1. The molecule has 0 saturated carbocycles. The van der Waals surface area contributed by atoms with Crippen molar-refractivity contribution >= 4 is 12.0 Å². The summed E-state index contributed by atoms with van der Waals surface area (Å²) in [6.45, 7) is 5.03. The second-order valence-electron chi connectivity index (χ2n) is 6.58. The van der Waals surface area contributed by atoms with Gasteiger partial charge in [-0.15, -0.1) is 0 Å². The summed E-state index contributed by atoms with van der Waals surface area (Å²) in [5.74, 6) is -0.274. The molecule has 29 heavy (non-hydrogen) atoms. The van der Waals surface area contributed by atoms with E-state index in [-0.39, 0.29) is 18.2 Å². The smallest absolute Gasteiger partial charge is 0.416 e. The molecular weight excluding hydrogens is 389 g/mol. The van der Waals surface area contributed by atoms with Crippen LogP contribution in [0, 0.1) is 6.92 Å². The molecule has 1 fully saturated rings. The third kappa shape index (κ3) is 4.36. The van der Waals surface area contributed by atoms with Crippen molar-refractivity contribution in [2.24, 2.45) is 0 Å². The Labute approximate surface area is 165 Å². The van der Waals surface area contributed by atoms with Gasteiger partial charge in [0.2, 0.25) is 0 Å². The Hall–Kier alpha value is -3.04. The second kappa shape index (κ2) is 8.14. The van der Waals surface area contributed by atoms with Crippen LogP contribution in [0.25, 0.3) is 5.69 Å². The average molecular weight is 410 g/mol. The van der Waals surface area contributed by atoms with Crippen LogP contribution in [0.2, 0.25) is 0 Å². The van der Waals surface area contributed by atoms with Crippen molar-refractivity contribution in [3.05, 3.63) is 47.3 Å². The number of ether oxygens (including phenoxy) is 1. The summed E-state index contributed by atoms with van der Waals surface area (Å²) in [6.07, 6.45) is -3.52. The number of hydrogen-bond acceptors (Lipinski definition) is 4. The third-order valence-corrected chi connectivity index (χ3v) is 4.75. The standard InChI is InChI=1S/C19H21F3N4O3/c1-3-29-18(28)25-9-7-24(8-10-25)17(27)16-12-23-26(13(16)2)15-6-4-5-14(11-15)19(20,21)22/h4-6,11-12H,3,7-10H2,1-2H3. The van der Waals surface area contributed by atoms with E-state index in [0.717, 1.165) is 12.1 Å². The van der Waals surface area contributed by atoms with Gasteiger partial charge in [-0.2, -0.15) is 18.3 Å². The van der Waals surface area contributed by atoms with E-state index in [0.29, 0.717) is 37.4 Å². The summed E-state index contributed by atoms with van der Waals surface area (Å²) in [4.78, 5) is 27.7. The van der Waals surface area contributed by atoms with Crippen LogP contribution in [0.5, 0.6) is 0 Å². The predicted octanol–water partition coefficient (Wildman–Crippen LogP) is 3.11. The van der Waals surface area contributed by atoms with Gasteiger partial charge in [-0.25, -0.2) is 9.48 Å². The Morgan fingerprint density at radius 1 is 1.14 bits per heavy atom. The molecule has 1 aliphatic rings. The van der Waals surface area contributed by atoms with Crippen LogP contribution >= 0.6 is 0 Å². The predicted molar refractivity (Wildman–Crippen MR) is 97.8 cm³/mol. The third-order valence-electron chi connectivity index (χ3n) is 4.75. The molecule has 0 bridgehead atoms. The fourth-order valence-corrected chi connectivity index (χ4v) is 3.17. The number of amides is 2. The van der Waals surface area contributed by atoms with Gasteiger partial charge in [0.05, 0.1) is 35.3 Å². The summed E-state index contributed by atoms with van der Waals surface area (Å²) in [7, 11) is 0. The highest BCUT2D eigenvalue weighted by Gasteiger charge is 2.31. The van der Waals surface area contributed by atoms with Gasteiger partial charge in [-0.1, -0.05) is 6.07 Å². The van der Waals surface area contributed by atoms with Crippen LogP contribution in [-0.2, 0) is 10.9 Å². The fourth-order valence-electron chi connectivity index (χ4n) is 3.17. The van der Waals surface area contributed by atoms with Crippen LogP contribution in [0.3, 0.4) is 0 Å². The van der Waals surface area contributed by atoms with Gasteiger partial charge < -0.3 is 14.5 Å². The number of alkyl halides is 3. The Balaban J connectivity index is 1.75. The molecule has 1 aromatic heterocycles. The zero-order chi connectivity index (χ0) is 21.2. The first kappa shape index (κ1) is 20.7. The number of halogens is 3. The molecule has 0 radical (unpaired) electrons. The SMILES string of the molecule is CCOC(=O)N1CCN(C(=O)c2cnn(-c3cccc(C(F)(F)F)c3)c2C)CC1. The lowest BCUT2D eigenvalue weighted by Gasteiger charge is -2.34. The maximum atomic E-state index is 13.0. The number of aromatic nitrogens is 2. The summed E-state index contributed by atoms with van der Waals surface area (Å²) in [5, 5.41) is 4.11. The lowest BCUT2D eigenvalue weighted by molar-refractivity contribution is -0.137. The first-order valence-electron chi connectivity index (χ1n) is 9.15. The summed E-state index contributed by atoms with van der Waals surface area (Å²) >= 11 is 0. The van der Waals surface area contributed by atoms with Gasteiger partial charge in [-0.05, 0) is 32.0 Å². The molecule has 2 heterocycles. The normalized spacial score (nSPS) is 14.8. The quantitative estimate of drug-likeness (QED) is 0.780. The van der Waals surface area contributed by atoms with Gasteiger partial charge in [-0.3, -0.25) is 4.79 Å². The average Bonchev–Trinajstić information content (AvgIpc) is 3.08. The van der Waals surface area contributed by atoms with Crippen molar-refractivity contribution in [2.45, 2.75) is 20.0 Å². The summed E-state index contributed by atoms with van der Waals surface area (Å²) < 4.78 is 45.2. The van der Waals surface area contributed by atoms with E-state index >= 15 is 0 Å². The second-order valence-corrected chi connectivity index (χ2v) is 6.58. The highest BCUT2D eigenvalue weighted by Crippen LogP contribution is 2.30. The van der Waals surface area contributed by atoms with Crippen LogP contribution < -0.4 is 0 Å². The Kier molecular flexibility index (Phi) is 5.81. The first-order valence-corrected chi connectivity index (χ1v) is 9.15. The number of piperazine rings is 1. The van der Waals surface area contributed by atoms with Crippen molar-refractivity contribution in [3.63, 3.8) is 0 Å². The van der Waals surface area contributed by atoms with Crippen LogP contribution in [0.15, 0.2) is 30.5 Å². The van der Waals surface area contributed by atoms with Crippen molar-refractivity contribution in [1.29, 1.82) is 0 Å². The molecule has 0 unspecified atom stereocenters. The molecule has 1 aromatic carbocycles. The lowest BCUT2D eigenvalue weighted by Crippen LogP contribution is -2.50. The van der Waals surface area contributed by atoms with Crippen molar-refractivity contribution < 1.29 is 27.5 Å². The van der Waals surface area contributed by atoms with E-state index in [4.69, 9.17) is 4.74 Å². The number of rotatable bonds is 3. The Morgan fingerprint density at radius 2 is 1.79 bits per heavy atom. The topological polar surface area (TPSA) is 67.7 Å². The minimum atomic E-state index is -4.46. The summed E-state index contributed by atoms with van der Waals surface area (Å²) in [6, 6.07) is 4.78. The molecule has 10 heteroatoms. The van der Waals surface area contributed by atoms with E-state index in [1.165, 1.54) is 27.9 Å². The molecule has 1 saturated heterocycles. The molecule has 2 amide bonds.